The zero-order valence-corrected chi connectivity index (χ0v) is 16.5. The van der Waals surface area contributed by atoms with Gasteiger partial charge in [0.05, 0.1) is 9.79 Å². The fraction of sp³-hybridized carbons (Fsp3) is 0.0500. The van der Waals surface area contributed by atoms with Crippen LogP contribution in [-0.4, -0.2) is 14.5 Å². The van der Waals surface area contributed by atoms with E-state index in [-0.39, 0.29) is 16.4 Å². The van der Waals surface area contributed by atoms with Crippen LogP contribution >= 0.6 is 15.9 Å². The van der Waals surface area contributed by atoms with E-state index in [1.807, 2.05) is 30.3 Å². The van der Waals surface area contributed by atoms with E-state index in [9.17, 15) is 13.2 Å². The normalized spacial score (nSPS) is 11.0. The van der Waals surface area contributed by atoms with Gasteiger partial charge in [-0.15, -0.1) is 0 Å². The van der Waals surface area contributed by atoms with Gasteiger partial charge in [0.15, 0.2) is 0 Å². The van der Waals surface area contributed by atoms with Crippen molar-refractivity contribution in [1.29, 1.82) is 0 Å². The zero-order chi connectivity index (χ0) is 19.3. The summed E-state index contributed by atoms with van der Waals surface area (Å²) in [6.07, 6.45) is -0.609. The molecule has 0 aliphatic carbocycles. The average Bonchev–Trinajstić information content (AvgIpc) is 2.68. The van der Waals surface area contributed by atoms with Gasteiger partial charge in [-0.05, 0) is 54.1 Å². The summed E-state index contributed by atoms with van der Waals surface area (Å²) in [6, 6.07) is 21.7. The number of carbonyl (C=O) groups is 1. The first-order chi connectivity index (χ1) is 12.9. The maximum Gasteiger partial charge on any atom is 0.411 e. The van der Waals surface area contributed by atoms with Gasteiger partial charge in [-0.1, -0.05) is 46.3 Å². The number of nitrogens with one attached hydrogen (secondary N) is 1. The number of anilines is 1. The molecule has 0 aliphatic heterocycles. The number of hydrogen-bond donors (Lipinski definition) is 1. The maximum atomic E-state index is 12.6. The predicted molar refractivity (Wildman–Crippen MR) is 106 cm³/mol. The van der Waals surface area contributed by atoms with E-state index in [1.165, 1.54) is 36.4 Å². The molecule has 27 heavy (non-hydrogen) atoms. The van der Waals surface area contributed by atoms with Gasteiger partial charge in [0.25, 0.3) is 0 Å². The Labute approximate surface area is 166 Å². The second kappa shape index (κ2) is 8.37. The molecule has 0 unspecified atom stereocenters. The molecule has 0 radical (unpaired) electrons. The fourth-order valence-electron chi connectivity index (χ4n) is 2.34. The molecule has 0 saturated heterocycles. The van der Waals surface area contributed by atoms with Gasteiger partial charge in [0.1, 0.15) is 6.61 Å². The smallest absolute Gasteiger partial charge is 0.411 e. The van der Waals surface area contributed by atoms with Crippen molar-refractivity contribution >= 4 is 37.5 Å². The summed E-state index contributed by atoms with van der Waals surface area (Å²) in [6.45, 7) is 0.155. The molecule has 0 fully saturated rings. The number of hydrogen-bond acceptors (Lipinski definition) is 4. The molecule has 3 aromatic rings. The van der Waals surface area contributed by atoms with Crippen molar-refractivity contribution in [2.75, 3.05) is 5.32 Å². The minimum absolute atomic E-state index is 0.146. The molecule has 3 rings (SSSR count). The van der Waals surface area contributed by atoms with E-state index >= 15 is 0 Å². The molecule has 0 aromatic heterocycles. The summed E-state index contributed by atoms with van der Waals surface area (Å²) < 4.78 is 31.2. The summed E-state index contributed by atoms with van der Waals surface area (Å²) in [7, 11) is -3.61. The highest BCUT2D eigenvalue weighted by Crippen LogP contribution is 2.24. The van der Waals surface area contributed by atoms with Gasteiger partial charge in [-0.2, -0.15) is 0 Å². The lowest BCUT2D eigenvalue weighted by atomic mass is 10.2. The van der Waals surface area contributed by atoms with Gasteiger partial charge in [-0.3, -0.25) is 5.32 Å². The number of sulfone groups is 1. The van der Waals surface area contributed by atoms with Crippen LogP contribution in [0.4, 0.5) is 10.5 Å². The summed E-state index contributed by atoms with van der Waals surface area (Å²) in [5, 5.41) is 2.58. The van der Waals surface area contributed by atoms with Crippen LogP contribution in [0.15, 0.2) is 93.1 Å². The highest BCUT2D eigenvalue weighted by Gasteiger charge is 2.17. The highest BCUT2D eigenvalue weighted by molar-refractivity contribution is 9.10. The molecule has 0 heterocycles. The summed E-state index contributed by atoms with van der Waals surface area (Å²) >= 11 is 3.28. The standard InChI is InChI=1S/C20H16BrNO4S/c21-16-6-10-18(11-7-16)27(24,25)19-12-8-17(9-13-19)22-20(23)26-14-15-4-2-1-3-5-15/h1-13H,14H2,(H,22,23). The Bertz CT molecular complexity index is 1020. The lowest BCUT2D eigenvalue weighted by Gasteiger charge is -2.09. The zero-order valence-electron chi connectivity index (χ0n) is 14.1. The molecule has 3 aromatic carbocycles. The molecule has 0 aliphatic rings. The van der Waals surface area contributed by atoms with Crippen molar-refractivity contribution in [2.24, 2.45) is 0 Å². The maximum absolute atomic E-state index is 12.6. The average molecular weight is 446 g/mol. The molecule has 7 heteroatoms. The van der Waals surface area contributed by atoms with Crippen LogP contribution < -0.4 is 5.32 Å². The van der Waals surface area contributed by atoms with Gasteiger partial charge < -0.3 is 4.74 Å². The Balaban J connectivity index is 1.64. The van der Waals surface area contributed by atoms with Crippen LogP contribution in [0.2, 0.25) is 0 Å². The Hall–Kier alpha value is -2.64. The lowest BCUT2D eigenvalue weighted by molar-refractivity contribution is 0.155. The van der Waals surface area contributed by atoms with Gasteiger partial charge in [0, 0.05) is 10.2 Å². The van der Waals surface area contributed by atoms with E-state index in [2.05, 4.69) is 21.2 Å². The molecule has 0 atom stereocenters. The number of carbonyl (C=O) groups excluding carboxylic acids is 1. The van der Waals surface area contributed by atoms with Crippen molar-refractivity contribution in [3.63, 3.8) is 0 Å². The Morgan fingerprint density at radius 3 is 2.00 bits per heavy atom. The van der Waals surface area contributed by atoms with Gasteiger partial charge in [-0.25, -0.2) is 13.2 Å². The van der Waals surface area contributed by atoms with Crippen molar-refractivity contribution < 1.29 is 17.9 Å². The van der Waals surface area contributed by atoms with Crippen LogP contribution in [0.5, 0.6) is 0 Å². The molecular weight excluding hydrogens is 430 g/mol. The van der Waals surface area contributed by atoms with Gasteiger partial charge in [0.2, 0.25) is 9.84 Å². The van der Waals surface area contributed by atoms with Crippen molar-refractivity contribution in [3.8, 4) is 0 Å². The van der Waals surface area contributed by atoms with Crippen LogP contribution in [0.25, 0.3) is 0 Å². The molecule has 0 bridgehead atoms. The van der Waals surface area contributed by atoms with Crippen LogP contribution in [0.1, 0.15) is 5.56 Å². The van der Waals surface area contributed by atoms with Crippen molar-refractivity contribution in [1.82, 2.24) is 0 Å². The third kappa shape index (κ3) is 4.96. The van der Waals surface area contributed by atoms with E-state index < -0.39 is 15.9 Å². The number of halogens is 1. The second-order valence-electron chi connectivity index (χ2n) is 5.67. The Kier molecular flexibility index (Phi) is 5.93. The number of amides is 1. The molecule has 5 nitrogen and oxygen atoms in total. The Morgan fingerprint density at radius 1 is 0.852 bits per heavy atom. The van der Waals surface area contributed by atoms with Crippen LogP contribution in [0, 0.1) is 0 Å². The number of benzene rings is 3. The van der Waals surface area contributed by atoms with Gasteiger partial charge >= 0.3 is 6.09 Å². The number of ether oxygens (including phenoxy) is 1. The van der Waals surface area contributed by atoms with Crippen LogP contribution in [-0.2, 0) is 21.2 Å². The first-order valence-electron chi connectivity index (χ1n) is 8.03. The quantitative estimate of drug-likeness (QED) is 0.597. The number of rotatable bonds is 5. The molecular formula is C20H16BrNO4S. The first kappa shape index (κ1) is 19.1. The largest absolute Gasteiger partial charge is 0.444 e. The van der Waals surface area contributed by atoms with E-state index in [4.69, 9.17) is 4.74 Å². The van der Waals surface area contributed by atoms with Crippen molar-refractivity contribution in [2.45, 2.75) is 16.4 Å². The minimum atomic E-state index is -3.61. The molecule has 138 valence electrons. The van der Waals surface area contributed by atoms with Crippen LogP contribution in [0.3, 0.4) is 0 Å². The van der Waals surface area contributed by atoms with Crippen molar-refractivity contribution in [3.05, 3.63) is 88.9 Å². The predicted octanol–water partition coefficient (Wildman–Crippen LogP) is 5.03. The van der Waals surface area contributed by atoms with E-state index in [0.29, 0.717) is 5.69 Å². The molecule has 0 saturated carbocycles. The third-order valence-corrected chi connectivity index (χ3v) is 6.06. The third-order valence-electron chi connectivity index (χ3n) is 3.75. The summed E-state index contributed by atoms with van der Waals surface area (Å²) in [4.78, 5) is 12.2. The van der Waals surface area contributed by atoms with E-state index in [0.717, 1.165) is 10.0 Å². The molecule has 0 spiro atoms. The molecule has 1 amide bonds. The highest BCUT2D eigenvalue weighted by atomic mass is 79.9. The monoisotopic (exact) mass is 445 g/mol. The second-order valence-corrected chi connectivity index (χ2v) is 8.53. The first-order valence-corrected chi connectivity index (χ1v) is 10.3. The Morgan fingerprint density at radius 2 is 1.41 bits per heavy atom. The summed E-state index contributed by atoms with van der Waals surface area (Å²) in [5.74, 6) is 0. The minimum Gasteiger partial charge on any atom is -0.444 e. The van der Waals surface area contributed by atoms with E-state index in [1.54, 1.807) is 12.1 Å². The summed E-state index contributed by atoms with van der Waals surface area (Å²) in [5.41, 5.74) is 1.33. The topological polar surface area (TPSA) is 72.5 Å². The SMILES string of the molecule is O=C(Nc1ccc(S(=O)(=O)c2ccc(Br)cc2)cc1)OCc1ccccc1. The fourth-order valence-corrected chi connectivity index (χ4v) is 3.87. The lowest BCUT2D eigenvalue weighted by Crippen LogP contribution is -2.13. The molecule has 1 N–H and O–H groups in total.